The summed E-state index contributed by atoms with van der Waals surface area (Å²) in [6, 6.07) is 7.24. The van der Waals surface area contributed by atoms with Crippen molar-refractivity contribution in [1.82, 2.24) is 10.6 Å². The molecule has 1 aromatic carbocycles. The zero-order chi connectivity index (χ0) is 21.4. The molecular formula is C20H25ClN4O4. The van der Waals surface area contributed by atoms with Gasteiger partial charge in [0.2, 0.25) is 0 Å². The highest BCUT2D eigenvalue weighted by atomic mass is 35.5. The second kappa shape index (κ2) is 10.1. The lowest BCUT2D eigenvalue weighted by molar-refractivity contribution is -0.155. The molecule has 1 fully saturated rings. The number of urea groups is 1. The fourth-order valence-electron chi connectivity index (χ4n) is 3.34. The van der Waals surface area contributed by atoms with Gasteiger partial charge in [0.25, 0.3) is 5.91 Å². The summed E-state index contributed by atoms with van der Waals surface area (Å²) in [5.41, 5.74) is 4.91. The molecule has 0 aromatic heterocycles. The molecule has 0 bridgehead atoms. The molecule has 29 heavy (non-hydrogen) atoms. The summed E-state index contributed by atoms with van der Waals surface area (Å²) in [4.78, 5) is 36.1. The second-order valence-corrected chi connectivity index (χ2v) is 7.63. The minimum atomic E-state index is -1.07. The number of hydrogen-bond acceptors (Lipinski definition) is 5. The van der Waals surface area contributed by atoms with E-state index >= 15 is 0 Å². The molecule has 0 radical (unpaired) electrons. The standard InChI is InChI=1S/C20H25ClN4O4/c1-13(18(27)25-20(12-22)9-3-2-4-10-20)29-17(26)11-16(24-19(23)28)14-5-7-15(21)8-6-14/h5-8,13,16H,2-4,9-11H2,1H3,(H,25,27)(H3,23,24,28)/t13-,16-/m1/s1. The molecule has 4 N–H and O–H groups in total. The van der Waals surface area contributed by atoms with Crippen LogP contribution in [0.15, 0.2) is 24.3 Å². The number of nitrogens with one attached hydrogen (secondary N) is 2. The number of esters is 1. The van der Waals surface area contributed by atoms with Gasteiger partial charge in [-0.1, -0.05) is 43.0 Å². The van der Waals surface area contributed by atoms with Crippen LogP contribution in [0.25, 0.3) is 0 Å². The summed E-state index contributed by atoms with van der Waals surface area (Å²) in [6.45, 7) is 1.44. The van der Waals surface area contributed by atoms with Crippen molar-refractivity contribution >= 4 is 29.5 Å². The van der Waals surface area contributed by atoms with Crippen molar-refractivity contribution < 1.29 is 19.1 Å². The Kier molecular flexibility index (Phi) is 7.85. The molecule has 0 aliphatic heterocycles. The minimum Gasteiger partial charge on any atom is -0.452 e. The third-order valence-corrected chi connectivity index (χ3v) is 5.17. The molecule has 0 heterocycles. The first-order valence-corrected chi connectivity index (χ1v) is 9.87. The van der Waals surface area contributed by atoms with Crippen LogP contribution >= 0.6 is 11.6 Å². The average Bonchev–Trinajstić information content (AvgIpc) is 2.68. The Labute approximate surface area is 174 Å². The van der Waals surface area contributed by atoms with E-state index in [-0.39, 0.29) is 6.42 Å². The van der Waals surface area contributed by atoms with Crippen molar-refractivity contribution in [2.75, 3.05) is 0 Å². The molecule has 2 atom stereocenters. The summed E-state index contributed by atoms with van der Waals surface area (Å²) >= 11 is 5.86. The van der Waals surface area contributed by atoms with E-state index in [4.69, 9.17) is 22.1 Å². The summed E-state index contributed by atoms with van der Waals surface area (Å²) < 4.78 is 5.22. The van der Waals surface area contributed by atoms with Gasteiger partial charge in [-0.2, -0.15) is 5.26 Å². The molecule has 9 heteroatoms. The summed E-state index contributed by atoms with van der Waals surface area (Å²) in [5.74, 6) is -1.20. The third-order valence-electron chi connectivity index (χ3n) is 4.92. The predicted octanol–water partition coefficient (Wildman–Crippen LogP) is 2.71. The van der Waals surface area contributed by atoms with Crippen molar-refractivity contribution in [1.29, 1.82) is 5.26 Å². The number of nitrogens with zero attached hydrogens (tertiary/aromatic N) is 1. The largest absolute Gasteiger partial charge is 0.452 e. The molecule has 3 amide bonds. The maximum atomic E-state index is 12.4. The Morgan fingerprint density at radius 3 is 2.41 bits per heavy atom. The molecular weight excluding hydrogens is 396 g/mol. The first kappa shape index (κ1) is 22.5. The van der Waals surface area contributed by atoms with Crippen molar-refractivity contribution in [3.05, 3.63) is 34.9 Å². The SMILES string of the molecule is C[C@@H](OC(=O)C[C@@H](NC(N)=O)c1ccc(Cl)cc1)C(=O)NC1(C#N)CCCCC1. The highest BCUT2D eigenvalue weighted by molar-refractivity contribution is 6.30. The van der Waals surface area contributed by atoms with Crippen LogP contribution in [0.3, 0.4) is 0 Å². The summed E-state index contributed by atoms with van der Waals surface area (Å²) in [6.07, 6.45) is 2.63. The number of halogens is 1. The van der Waals surface area contributed by atoms with E-state index in [9.17, 15) is 19.6 Å². The van der Waals surface area contributed by atoms with Gasteiger partial charge in [-0.05, 0) is 37.5 Å². The monoisotopic (exact) mass is 420 g/mol. The van der Waals surface area contributed by atoms with E-state index in [1.807, 2.05) is 0 Å². The van der Waals surface area contributed by atoms with E-state index in [0.717, 1.165) is 19.3 Å². The van der Waals surface area contributed by atoms with Crippen LogP contribution in [-0.4, -0.2) is 29.6 Å². The Morgan fingerprint density at radius 2 is 1.86 bits per heavy atom. The van der Waals surface area contributed by atoms with Crippen molar-refractivity contribution in [2.45, 2.75) is 63.1 Å². The molecule has 0 spiro atoms. The van der Waals surface area contributed by atoms with Crippen LogP contribution in [0.5, 0.6) is 0 Å². The molecule has 0 unspecified atom stereocenters. The Hall–Kier alpha value is -2.79. The zero-order valence-corrected chi connectivity index (χ0v) is 17.0. The van der Waals surface area contributed by atoms with E-state index in [1.165, 1.54) is 6.92 Å². The van der Waals surface area contributed by atoms with Crippen LogP contribution in [0.4, 0.5) is 4.79 Å². The Morgan fingerprint density at radius 1 is 1.24 bits per heavy atom. The molecule has 1 aliphatic carbocycles. The Bertz CT molecular complexity index is 785. The molecule has 1 aliphatic rings. The van der Waals surface area contributed by atoms with Gasteiger partial charge in [0.1, 0.15) is 5.54 Å². The van der Waals surface area contributed by atoms with E-state index in [1.54, 1.807) is 24.3 Å². The highest BCUT2D eigenvalue weighted by Gasteiger charge is 2.35. The van der Waals surface area contributed by atoms with Gasteiger partial charge in [-0.25, -0.2) is 4.79 Å². The average molecular weight is 421 g/mol. The van der Waals surface area contributed by atoms with E-state index < -0.39 is 35.6 Å². The zero-order valence-electron chi connectivity index (χ0n) is 16.2. The van der Waals surface area contributed by atoms with Crippen LogP contribution < -0.4 is 16.4 Å². The van der Waals surface area contributed by atoms with Gasteiger partial charge in [0, 0.05) is 5.02 Å². The molecule has 1 saturated carbocycles. The van der Waals surface area contributed by atoms with Gasteiger partial charge in [0.15, 0.2) is 6.10 Å². The number of carbonyl (C=O) groups is 3. The molecule has 2 rings (SSSR count). The number of benzene rings is 1. The number of rotatable bonds is 7. The predicted molar refractivity (Wildman–Crippen MR) is 107 cm³/mol. The van der Waals surface area contributed by atoms with Crippen LogP contribution in [-0.2, 0) is 14.3 Å². The summed E-state index contributed by atoms with van der Waals surface area (Å²) in [5, 5.41) is 15.2. The number of hydrogen-bond donors (Lipinski definition) is 3. The van der Waals surface area contributed by atoms with Gasteiger partial charge in [-0.3, -0.25) is 9.59 Å². The normalized spacial score (nSPS) is 17.3. The van der Waals surface area contributed by atoms with E-state index in [0.29, 0.717) is 23.4 Å². The van der Waals surface area contributed by atoms with Gasteiger partial charge < -0.3 is 21.1 Å². The Balaban J connectivity index is 1.97. The maximum absolute atomic E-state index is 12.4. The summed E-state index contributed by atoms with van der Waals surface area (Å²) in [7, 11) is 0. The number of primary amides is 1. The van der Waals surface area contributed by atoms with Crippen molar-refractivity contribution in [3.63, 3.8) is 0 Å². The van der Waals surface area contributed by atoms with Gasteiger partial charge in [-0.15, -0.1) is 0 Å². The van der Waals surface area contributed by atoms with Crippen LogP contribution in [0, 0.1) is 11.3 Å². The van der Waals surface area contributed by atoms with Crippen molar-refractivity contribution in [3.8, 4) is 6.07 Å². The molecule has 156 valence electrons. The first-order valence-electron chi connectivity index (χ1n) is 9.49. The molecule has 8 nitrogen and oxygen atoms in total. The molecule has 0 saturated heterocycles. The fraction of sp³-hybridized carbons (Fsp3) is 0.500. The lowest BCUT2D eigenvalue weighted by Crippen LogP contribution is -2.52. The molecule has 1 aromatic rings. The number of nitrogens with two attached hydrogens (primary N) is 1. The first-order chi connectivity index (χ1) is 13.7. The van der Waals surface area contributed by atoms with Crippen molar-refractivity contribution in [2.24, 2.45) is 5.73 Å². The number of amides is 3. The van der Waals surface area contributed by atoms with Crippen LogP contribution in [0.1, 0.15) is 57.1 Å². The number of carbonyl (C=O) groups excluding carboxylic acids is 3. The van der Waals surface area contributed by atoms with Crippen LogP contribution in [0.2, 0.25) is 5.02 Å². The smallest absolute Gasteiger partial charge is 0.312 e. The lowest BCUT2D eigenvalue weighted by atomic mass is 9.83. The topological polar surface area (TPSA) is 134 Å². The van der Waals surface area contributed by atoms with Gasteiger partial charge >= 0.3 is 12.0 Å². The van der Waals surface area contributed by atoms with E-state index in [2.05, 4.69) is 16.7 Å². The quantitative estimate of drug-likeness (QED) is 0.583. The van der Waals surface area contributed by atoms with Gasteiger partial charge in [0.05, 0.1) is 18.5 Å². The third kappa shape index (κ3) is 6.64. The number of nitriles is 1. The fourth-order valence-corrected chi connectivity index (χ4v) is 3.47. The number of ether oxygens (including phenoxy) is 1. The second-order valence-electron chi connectivity index (χ2n) is 7.19. The minimum absolute atomic E-state index is 0.217. The lowest BCUT2D eigenvalue weighted by Gasteiger charge is -2.32. The maximum Gasteiger partial charge on any atom is 0.312 e. The highest BCUT2D eigenvalue weighted by Crippen LogP contribution is 2.27.